The van der Waals surface area contributed by atoms with Crippen LogP contribution in [0.15, 0.2) is 6.20 Å². The molecule has 0 aliphatic rings. The van der Waals surface area contributed by atoms with E-state index in [-0.39, 0.29) is 5.92 Å². The van der Waals surface area contributed by atoms with E-state index < -0.39 is 18.0 Å². The number of aliphatic hydroxyl groups excluding tert-OH is 1. The molecule has 5 heteroatoms. The smallest absolute Gasteiger partial charge is 0.306 e. The summed E-state index contributed by atoms with van der Waals surface area (Å²) in [5.74, 6) is -1.83. The molecule has 90 valence electrons. The van der Waals surface area contributed by atoms with Gasteiger partial charge in [0.2, 0.25) is 0 Å². The van der Waals surface area contributed by atoms with E-state index in [1.165, 1.54) is 0 Å². The number of aryl methyl sites for hydroxylation is 1. The zero-order chi connectivity index (χ0) is 12.5. The largest absolute Gasteiger partial charge is 0.481 e. The van der Waals surface area contributed by atoms with Crippen molar-refractivity contribution in [2.45, 2.75) is 26.9 Å². The standard InChI is InChI=1S/C11H18N2O3/c1-6(7(2)11(15)16)10(14)9-5-12-13(4)8(9)3/h5-7,10,14H,1-4H3,(H,15,16). The first-order valence-corrected chi connectivity index (χ1v) is 5.25. The van der Waals surface area contributed by atoms with E-state index >= 15 is 0 Å². The van der Waals surface area contributed by atoms with Crippen molar-refractivity contribution in [1.82, 2.24) is 9.78 Å². The Morgan fingerprint density at radius 3 is 2.44 bits per heavy atom. The van der Waals surface area contributed by atoms with Crippen molar-refractivity contribution in [3.63, 3.8) is 0 Å². The summed E-state index contributed by atoms with van der Waals surface area (Å²) in [7, 11) is 1.79. The third kappa shape index (κ3) is 2.24. The van der Waals surface area contributed by atoms with Gasteiger partial charge in [0.1, 0.15) is 0 Å². The highest BCUT2D eigenvalue weighted by Crippen LogP contribution is 2.29. The van der Waals surface area contributed by atoms with Crippen LogP contribution in [0, 0.1) is 18.8 Å². The molecule has 0 aliphatic carbocycles. The van der Waals surface area contributed by atoms with Gasteiger partial charge in [0, 0.05) is 18.3 Å². The van der Waals surface area contributed by atoms with Crippen molar-refractivity contribution in [3.8, 4) is 0 Å². The van der Waals surface area contributed by atoms with Crippen LogP contribution in [-0.2, 0) is 11.8 Å². The lowest BCUT2D eigenvalue weighted by molar-refractivity contribution is -0.144. The molecule has 0 saturated carbocycles. The van der Waals surface area contributed by atoms with Gasteiger partial charge < -0.3 is 10.2 Å². The second-order valence-corrected chi connectivity index (χ2v) is 4.24. The highest BCUT2D eigenvalue weighted by molar-refractivity contribution is 5.69. The van der Waals surface area contributed by atoms with Gasteiger partial charge in [0.25, 0.3) is 0 Å². The molecule has 0 fully saturated rings. The van der Waals surface area contributed by atoms with Gasteiger partial charge in [-0.05, 0) is 12.8 Å². The molecule has 0 radical (unpaired) electrons. The van der Waals surface area contributed by atoms with Crippen molar-refractivity contribution in [1.29, 1.82) is 0 Å². The number of aliphatic carboxylic acids is 1. The highest BCUT2D eigenvalue weighted by atomic mass is 16.4. The predicted molar refractivity (Wildman–Crippen MR) is 58.9 cm³/mol. The fourth-order valence-corrected chi connectivity index (χ4v) is 1.59. The van der Waals surface area contributed by atoms with E-state index in [0.29, 0.717) is 5.56 Å². The van der Waals surface area contributed by atoms with Crippen LogP contribution in [0.1, 0.15) is 31.2 Å². The van der Waals surface area contributed by atoms with Gasteiger partial charge in [-0.1, -0.05) is 13.8 Å². The van der Waals surface area contributed by atoms with Crippen LogP contribution >= 0.6 is 0 Å². The quantitative estimate of drug-likeness (QED) is 0.806. The van der Waals surface area contributed by atoms with Crippen LogP contribution in [0.5, 0.6) is 0 Å². The molecule has 2 N–H and O–H groups in total. The molecule has 3 atom stereocenters. The molecule has 5 nitrogen and oxygen atoms in total. The summed E-state index contributed by atoms with van der Waals surface area (Å²) in [6, 6.07) is 0. The molecule has 0 aromatic carbocycles. The van der Waals surface area contributed by atoms with Crippen LogP contribution in [0.3, 0.4) is 0 Å². The summed E-state index contributed by atoms with van der Waals surface area (Å²) in [6.07, 6.45) is 0.797. The lowest BCUT2D eigenvalue weighted by atomic mass is 9.87. The molecular formula is C11H18N2O3. The number of nitrogens with zero attached hydrogens (tertiary/aromatic N) is 2. The van der Waals surface area contributed by atoms with E-state index in [9.17, 15) is 9.90 Å². The molecule has 0 saturated heterocycles. The third-order valence-electron chi connectivity index (χ3n) is 3.27. The minimum Gasteiger partial charge on any atom is -0.481 e. The van der Waals surface area contributed by atoms with Gasteiger partial charge in [-0.3, -0.25) is 9.48 Å². The fraction of sp³-hybridized carbons (Fsp3) is 0.636. The topological polar surface area (TPSA) is 75.3 Å². The van der Waals surface area contributed by atoms with Gasteiger partial charge in [0.15, 0.2) is 0 Å². The summed E-state index contributed by atoms with van der Waals surface area (Å²) < 4.78 is 1.66. The number of aromatic nitrogens is 2. The maximum absolute atomic E-state index is 10.8. The molecule has 1 aromatic rings. The van der Waals surface area contributed by atoms with Crippen molar-refractivity contribution >= 4 is 5.97 Å². The number of hydrogen-bond acceptors (Lipinski definition) is 3. The molecule has 0 spiro atoms. The Morgan fingerprint density at radius 2 is 2.06 bits per heavy atom. The van der Waals surface area contributed by atoms with E-state index in [4.69, 9.17) is 5.11 Å². The summed E-state index contributed by atoms with van der Waals surface area (Å²) >= 11 is 0. The first-order chi connectivity index (χ1) is 7.36. The van der Waals surface area contributed by atoms with Crippen molar-refractivity contribution in [3.05, 3.63) is 17.5 Å². The normalized spacial score (nSPS) is 16.8. The predicted octanol–water partition coefficient (Wildman–Crippen LogP) is 1.12. The molecule has 1 aromatic heterocycles. The minimum atomic E-state index is -0.895. The number of carboxylic acid groups (broad SMARTS) is 1. The molecule has 16 heavy (non-hydrogen) atoms. The van der Waals surface area contributed by atoms with Gasteiger partial charge in [-0.15, -0.1) is 0 Å². The highest BCUT2D eigenvalue weighted by Gasteiger charge is 2.28. The summed E-state index contributed by atoms with van der Waals surface area (Å²) in [5, 5.41) is 23.0. The monoisotopic (exact) mass is 226 g/mol. The van der Waals surface area contributed by atoms with Crippen LogP contribution < -0.4 is 0 Å². The van der Waals surface area contributed by atoms with Gasteiger partial charge in [-0.25, -0.2) is 0 Å². The number of rotatable bonds is 4. The van der Waals surface area contributed by atoms with Crippen molar-refractivity contribution in [2.24, 2.45) is 18.9 Å². The first-order valence-electron chi connectivity index (χ1n) is 5.25. The van der Waals surface area contributed by atoms with Crippen LogP contribution in [0.4, 0.5) is 0 Å². The summed E-state index contributed by atoms with van der Waals surface area (Å²) in [6.45, 7) is 5.18. The van der Waals surface area contributed by atoms with Crippen LogP contribution in [0.2, 0.25) is 0 Å². The molecular weight excluding hydrogens is 208 g/mol. The first kappa shape index (κ1) is 12.7. The molecule has 1 rings (SSSR count). The Bertz CT molecular complexity index is 387. The minimum absolute atomic E-state index is 0.347. The molecule has 0 amide bonds. The molecule has 3 unspecified atom stereocenters. The number of aliphatic hydroxyl groups is 1. The van der Waals surface area contributed by atoms with E-state index in [1.54, 1.807) is 31.8 Å². The third-order valence-corrected chi connectivity index (χ3v) is 3.27. The Morgan fingerprint density at radius 1 is 1.50 bits per heavy atom. The fourth-order valence-electron chi connectivity index (χ4n) is 1.59. The average molecular weight is 226 g/mol. The zero-order valence-electron chi connectivity index (χ0n) is 10.0. The summed E-state index contributed by atoms with van der Waals surface area (Å²) in [4.78, 5) is 10.8. The second kappa shape index (κ2) is 4.65. The second-order valence-electron chi connectivity index (χ2n) is 4.24. The average Bonchev–Trinajstić information content (AvgIpc) is 2.56. The Balaban J connectivity index is 2.90. The number of carbonyl (C=O) groups is 1. The van der Waals surface area contributed by atoms with Gasteiger partial charge in [0.05, 0.1) is 18.2 Å². The molecule has 0 aliphatic heterocycles. The SMILES string of the molecule is Cc1c(C(O)C(C)C(C)C(=O)O)cnn1C. The lowest BCUT2D eigenvalue weighted by Crippen LogP contribution is -2.24. The maximum Gasteiger partial charge on any atom is 0.306 e. The number of carboxylic acids is 1. The van der Waals surface area contributed by atoms with E-state index in [2.05, 4.69) is 5.10 Å². The van der Waals surface area contributed by atoms with Crippen LogP contribution in [-0.4, -0.2) is 26.0 Å². The van der Waals surface area contributed by atoms with Crippen molar-refractivity contribution in [2.75, 3.05) is 0 Å². The lowest BCUT2D eigenvalue weighted by Gasteiger charge is -2.22. The van der Waals surface area contributed by atoms with Gasteiger partial charge in [-0.2, -0.15) is 5.10 Å². The molecule has 0 bridgehead atoms. The van der Waals surface area contributed by atoms with E-state index in [0.717, 1.165) is 5.69 Å². The van der Waals surface area contributed by atoms with E-state index in [1.807, 2.05) is 6.92 Å². The summed E-state index contributed by atoms with van der Waals surface area (Å²) in [5.41, 5.74) is 1.56. The van der Waals surface area contributed by atoms with Gasteiger partial charge >= 0.3 is 5.97 Å². The Kier molecular flexibility index (Phi) is 3.70. The zero-order valence-corrected chi connectivity index (χ0v) is 10.0. The number of hydrogen-bond donors (Lipinski definition) is 2. The van der Waals surface area contributed by atoms with Crippen LogP contribution in [0.25, 0.3) is 0 Å². The molecule has 1 heterocycles. The Labute approximate surface area is 94.7 Å². The Hall–Kier alpha value is -1.36. The van der Waals surface area contributed by atoms with Crippen molar-refractivity contribution < 1.29 is 15.0 Å². The maximum atomic E-state index is 10.8.